The van der Waals surface area contributed by atoms with Crippen LogP contribution in [0.1, 0.15) is 108 Å². The van der Waals surface area contributed by atoms with Crippen molar-refractivity contribution in [2.24, 2.45) is 0 Å². The van der Waals surface area contributed by atoms with Gasteiger partial charge in [-0.25, -0.2) is 14.4 Å². The fourth-order valence-corrected chi connectivity index (χ4v) is 14.0. The molecule has 4 amide bonds. The second kappa shape index (κ2) is 29.0. The second-order valence-corrected chi connectivity index (χ2v) is 28.4. The van der Waals surface area contributed by atoms with Crippen LogP contribution in [0.25, 0.3) is 0 Å². The van der Waals surface area contributed by atoms with E-state index in [0.29, 0.717) is 59.2 Å². The quantitative estimate of drug-likeness (QED) is 0.00323. The van der Waals surface area contributed by atoms with Gasteiger partial charge < -0.3 is 34.3 Å². The molecule has 0 bridgehead atoms. The molecule has 2 heterocycles. The molecule has 7 rings (SSSR count). The Hall–Kier alpha value is -8.23. The fraction of sp³-hybridized carbons (Fsp3) is 0.357. The highest BCUT2D eigenvalue weighted by molar-refractivity contribution is 7.86. The van der Waals surface area contributed by atoms with Crippen LogP contribution in [-0.2, 0) is 62.7 Å². The van der Waals surface area contributed by atoms with Crippen molar-refractivity contribution in [1.29, 1.82) is 0 Å². The van der Waals surface area contributed by atoms with Crippen molar-refractivity contribution in [2.75, 3.05) is 67.5 Å². The Morgan fingerprint density at radius 3 is 1.55 bits per heavy atom. The molecule has 31 heteroatoms. The Morgan fingerprint density at radius 2 is 1.08 bits per heavy atom. The van der Waals surface area contributed by atoms with Crippen LogP contribution in [0.2, 0.25) is 13.1 Å². The summed E-state index contributed by atoms with van der Waals surface area (Å²) >= 11 is 5.74. The number of anilines is 2. The number of ether oxygens (including phenoxy) is 5. The minimum absolute atomic E-state index is 0.0903. The summed E-state index contributed by atoms with van der Waals surface area (Å²) in [6, 6.07) is 20.6. The highest BCUT2D eigenvalue weighted by atomic mass is 35.5. The second-order valence-electron chi connectivity index (χ2n) is 20.5. The number of Topliss-reactive ketones (excluding diaryl/α,β-unsaturated/α-hetero) is 1. The van der Waals surface area contributed by atoms with E-state index in [1.54, 1.807) is 30.3 Å². The Morgan fingerprint density at radius 1 is 0.609 bits per heavy atom. The zero-order valence-electron chi connectivity index (χ0n) is 46.9. The molecule has 6 N–H and O–H groups in total. The highest BCUT2D eigenvalue weighted by Gasteiger charge is 2.56. The molecule has 0 saturated heterocycles. The molecule has 5 aromatic rings. The van der Waals surface area contributed by atoms with Gasteiger partial charge in [0.1, 0.15) is 21.3 Å². The van der Waals surface area contributed by atoms with Gasteiger partial charge in [-0.15, -0.1) is 11.6 Å². The summed E-state index contributed by atoms with van der Waals surface area (Å²) in [6.07, 6.45) is 2.20. The molecule has 2 aliphatic rings. The number of nitro benzene ring substituents is 2. The number of esters is 1. The number of nitro groups is 2. The van der Waals surface area contributed by atoms with E-state index < -0.39 is 123 Å². The first-order valence-corrected chi connectivity index (χ1v) is 33.8. The van der Waals surface area contributed by atoms with E-state index in [0.717, 1.165) is 62.1 Å². The van der Waals surface area contributed by atoms with E-state index in [4.69, 9.17) is 44.4 Å². The third-order valence-corrected chi connectivity index (χ3v) is 19.4. The van der Waals surface area contributed by atoms with E-state index in [-0.39, 0.29) is 63.6 Å². The van der Waals surface area contributed by atoms with Crippen LogP contribution in [0.15, 0.2) is 91.0 Å². The number of ketones is 1. The molecular formula is C56H61ClN6O21S2Si. The van der Waals surface area contributed by atoms with E-state index in [1.807, 2.05) is 13.1 Å². The number of nitrogens with zero attached hydrogens (tertiary/aromatic N) is 2. The molecule has 0 saturated carbocycles. The zero-order chi connectivity index (χ0) is 63.3. The van der Waals surface area contributed by atoms with Crippen LogP contribution in [0.3, 0.4) is 0 Å². The van der Waals surface area contributed by atoms with Crippen molar-refractivity contribution in [3.8, 4) is 0 Å². The average Bonchev–Trinajstić information content (AvgIpc) is 1.66. The number of fused-ring (bicyclic) bond motifs is 6. The molecule has 2 aliphatic heterocycles. The molecule has 0 atom stereocenters. The number of alkyl halides is 1. The van der Waals surface area contributed by atoms with Crippen LogP contribution in [0, 0.1) is 20.2 Å². The van der Waals surface area contributed by atoms with Gasteiger partial charge in [-0.3, -0.25) is 54.4 Å². The molecule has 0 fully saturated rings. The van der Waals surface area contributed by atoms with Crippen molar-refractivity contribution < 1.29 is 88.2 Å². The van der Waals surface area contributed by atoms with E-state index in [9.17, 15) is 65.8 Å². The summed E-state index contributed by atoms with van der Waals surface area (Å²) in [7, 11) is -12.0. The fourth-order valence-electron chi connectivity index (χ4n) is 9.90. The summed E-state index contributed by atoms with van der Waals surface area (Å²) in [4.78, 5) is 103. The van der Waals surface area contributed by atoms with Gasteiger partial charge in [-0.2, -0.15) is 16.8 Å². The van der Waals surface area contributed by atoms with Gasteiger partial charge in [0, 0.05) is 95.5 Å². The van der Waals surface area contributed by atoms with Crippen molar-refractivity contribution in [3.05, 3.63) is 161 Å². The molecule has 27 nitrogen and oxygen atoms in total. The molecule has 0 unspecified atom stereocenters. The first-order valence-electron chi connectivity index (χ1n) is 27.0. The number of halogens is 1. The summed E-state index contributed by atoms with van der Waals surface area (Å²) in [5.74, 6) is -3.62. The van der Waals surface area contributed by atoms with Crippen molar-refractivity contribution >= 4 is 109 Å². The Bertz CT molecular complexity index is 3550. The number of hydrogen-bond donors (Lipinski definition) is 6. The largest absolute Gasteiger partial charge is 0.444 e. The molecule has 1 spiro atoms. The summed E-state index contributed by atoms with van der Waals surface area (Å²) in [6.45, 7) is 3.11. The van der Waals surface area contributed by atoms with Crippen molar-refractivity contribution in [2.45, 2.75) is 70.4 Å². The Kier molecular flexibility index (Phi) is 22.1. The standard InChI is InChI=1S/C56H61ClN6O21S2Si/c1-87(2)49-31-40(60-54(68)82-33-38-28-36(10-17-46(38)62(70)71)51(65)58-20-26-85(74,75)76)12-15-43(49)56(45-30-35(9-14-42(45)53(67)84-56)48(64)8-7-23-81-25-24-80-22-6-4-3-5-19-57)44-16-13-41(32-50(44)87)61-55(69)83-34-39-29-37(11-18-47(39)63(72)73)52(66)59-21-27-86(77,78)79/h9-18,28-32H,3-8,19-27,33-34H2,1-2H3,(H,58,65)(H,59,66)(H,60,68)(H,61,69)(H,74,75,76)(H,77,78,79). The number of unbranched alkanes of at least 4 members (excludes halogenated alkanes) is 3. The van der Waals surface area contributed by atoms with Gasteiger partial charge in [0.2, 0.25) is 0 Å². The van der Waals surface area contributed by atoms with Gasteiger partial charge in [0.05, 0.1) is 51.3 Å². The lowest BCUT2D eigenvalue weighted by Gasteiger charge is -2.44. The maximum atomic E-state index is 14.1. The third kappa shape index (κ3) is 17.1. The van der Waals surface area contributed by atoms with Crippen LogP contribution in [0.5, 0.6) is 0 Å². The predicted octanol–water partition coefficient (Wildman–Crippen LogP) is 6.63. The molecule has 0 aromatic heterocycles. The normalized spacial score (nSPS) is 13.5. The zero-order valence-corrected chi connectivity index (χ0v) is 50.3. The molecule has 5 aromatic carbocycles. The molecular weight excluding hydrogens is 1220 g/mol. The van der Waals surface area contributed by atoms with Crippen LogP contribution in [0.4, 0.5) is 32.3 Å². The molecule has 464 valence electrons. The van der Waals surface area contributed by atoms with E-state index in [1.165, 1.54) is 24.3 Å². The van der Waals surface area contributed by atoms with Crippen LogP contribution in [-0.4, -0.2) is 137 Å². The van der Waals surface area contributed by atoms with Gasteiger partial charge in [0.25, 0.3) is 43.4 Å². The minimum atomic E-state index is -4.41. The third-order valence-electron chi connectivity index (χ3n) is 14.1. The van der Waals surface area contributed by atoms with Crippen molar-refractivity contribution in [1.82, 2.24) is 10.6 Å². The smallest absolute Gasteiger partial charge is 0.411 e. The maximum Gasteiger partial charge on any atom is 0.411 e. The molecule has 87 heavy (non-hydrogen) atoms. The summed E-state index contributed by atoms with van der Waals surface area (Å²) in [5, 5.41) is 34.9. The summed E-state index contributed by atoms with van der Waals surface area (Å²) in [5.41, 5.74) is -1.52. The number of amides is 4. The predicted molar refractivity (Wildman–Crippen MR) is 317 cm³/mol. The highest BCUT2D eigenvalue weighted by Crippen LogP contribution is 2.49. The Labute approximate surface area is 504 Å². The number of hydrogen-bond acceptors (Lipinski definition) is 19. The SMILES string of the molecule is C[Si]1(C)c2cc(NC(=O)OCc3cc(C(=O)NCCS(=O)(=O)O)ccc3[N+](=O)[O-])ccc2C2(OC(=O)c3ccc(C(=O)CCCOCCOCCCCCCCl)cc32)c2ccc(NC(=O)OCc3cc(C(=O)NCCS(=O)(=O)O)ccc3[N+](=O)[O-])cc21. The van der Waals surface area contributed by atoms with E-state index >= 15 is 0 Å². The van der Waals surface area contributed by atoms with Gasteiger partial charge in [-0.1, -0.05) is 44.1 Å². The lowest BCUT2D eigenvalue weighted by atomic mass is 9.78. The number of carbonyl (C=O) groups excluding carboxylic acids is 6. The molecule has 0 aliphatic carbocycles. The van der Waals surface area contributed by atoms with Crippen LogP contribution < -0.4 is 31.6 Å². The molecule has 0 radical (unpaired) electrons. The summed E-state index contributed by atoms with van der Waals surface area (Å²) < 4.78 is 91.4. The van der Waals surface area contributed by atoms with Gasteiger partial charge >= 0.3 is 18.2 Å². The number of benzene rings is 5. The van der Waals surface area contributed by atoms with Crippen molar-refractivity contribution in [3.63, 3.8) is 0 Å². The monoisotopic (exact) mass is 1280 g/mol. The number of nitrogens with one attached hydrogen (secondary N) is 4. The lowest BCUT2D eigenvalue weighted by molar-refractivity contribution is -0.386. The lowest BCUT2D eigenvalue weighted by Crippen LogP contribution is -2.63. The number of carbonyl (C=O) groups is 6. The maximum absolute atomic E-state index is 14.1. The first-order chi connectivity index (χ1) is 41.2. The van der Waals surface area contributed by atoms with Crippen LogP contribution >= 0.6 is 11.6 Å². The average molecular weight is 1280 g/mol. The van der Waals surface area contributed by atoms with E-state index in [2.05, 4.69) is 21.3 Å². The van der Waals surface area contributed by atoms with Gasteiger partial charge in [-0.05, 0) is 90.3 Å². The first kappa shape index (κ1) is 66.3. The van der Waals surface area contributed by atoms with Gasteiger partial charge in [0.15, 0.2) is 11.4 Å². The number of rotatable bonds is 30. The topological polar surface area (TPSA) is 392 Å². The minimum Gasteiger partial charge on any atom is -0.444 e. The Balaban J connectivity index is 1.16.